The minimum Gasteiger partial charge on any atom is -0.489 e. The minimum atomic E-state index is -0.216. The quantitative estimate of drug-likeness (QED) is 0.821. The largest absolute Gasteiger partial charge is 0.489 e. The van der Waals surface area contributed by atoms with Crippen molar-refractivity contribution < 1.29 is 14.3 Å². The van der Waals surface area contributed by atoms with Crippen molar-refractivity contribution in [3.63, 3.8) is 0 Å². The molecule has 0 spiro atoms. The van der Waals surface area contributed by atoms with Gasteiger partial charge in [-0.05, 0) is 23.6 Å². The Bertz CT molecular complexity index is 625. The maximum atomic E-state index is 11.5. The van der Waals surface area contributed by atoms with Gasteiger partial charge in [0.05, 0.1) is 13.1 Å². The van der Waals surface area contributed by atoms with Gasteiger partial charge >= 0.3 is 0 Å². The second kappa shape index (κ2) is 8.19. The summed E-state index contributed by atoms with van der Waals surface area (Å²) in [7, 11) is 0. The third kappa shape index (κ3) is 5.57. The van der Waals surface area contributed by atoms with E-state index in [2.05, 4.69) is 10.6 Å². The van der Waals surface area contributed by atoms with Crippen molar-refractivity contribution in [3.8, 4) is 5.75 Å². The lowest BCUT2D eigenvalue weighted by Crippen LogP contribution is -2.35. The Morgan fingerprint density at radius 1 is 1.18 bits per heavy atom. The maximum Gasteiger partial charge on any atom is 0.239 e. The summed E-state index contributed by atoms with van der Waals surface area (Å²) in [4.78, 5) is 23.2. The molecule has 0 aliphatic carbocycles. The van der Waals surface area contributed by atoms with E-state index in [9.17, 15) is 9.59 Å². The van der Waals surface area contributed by atoms with Crippen LogP contribution in [0, 0.1) is 0 Å². The van der Waals surface area contributed by atoms with Crippen LogP contribution >= 0.6 is 11.3 Å². The van der Waals surface area contributed by atoms with Crippen LogP contribution in [0.3, 0.4) is 0 Å². The molecule has 6 heteroatoms. The van der Waals surface area contributed by atoms with Gasteiger partial charge < -0.3 is 15.4 Å². The third-order valence-corrected chi connectivity index (χ3v) is 3.80. The molecule has 1 aromatic carbocycles. The first kappa shape index (κ1) is 16.0. The highest BCUT2D eigenvalue weighted by atomic mass is 32.1. The van der Waals surface area contributed by atoms with E-state index in [1.165, 1.54) is 6.92 Å². The highest BCUT2D eigenvalue weighted by Crippen LogP contribution is 2.17. The monoisotopic (exact) mass is 318 g/mol. The van der Waals surface area contributed by atoms with Crippen molar-refractivity contribution in [2.24, 2.45) is 0 Å². The van der Waals surface area contributed by atoms with Gasteiger partial charge in [-0.15, -0.1) is 11.3 Å². The summed E-state index contributed by atoms with van der Waals surface area (Å²) < 4.78 is 5.67. The normalized spacial score (nSPS) is 10.0. The first-order valence-electron chi connectivity index (χ1n) is 6.89. The molecule has 0 aliphatic heterocycles. The summed E-state index contributed by atoms with van der Waals surface area (Å²) in [5.74, 6) is 0.413. The van der Waals surface area contributed by atoms with E-state index < -0.39 is 0 Å². The van der Waals surface area contributed by atoms with E-state index >= 15 is 0 Å². The van der Waals surface area contributed by atoms with Gasteiger partial charge in [-0.25, -0.2) is 0 Å². The molecule has 0 saturated carbocycles. The zero-order chi connectivity index (χ0) is 15.8. The predicted octanol–water partition coefficient (Wildman–Crippen LogP) is 2.08. The number of rotatable bonds is 7. The van der Waals surface area contributed by atoms with Crippen molar-refractivity contribution in [1.29, 1.82) is 0 Å². The molecule has 2 N–H and O–H groups in total. The van der Waals surface area contributed by atoms with Gasteiger partial charge in [-0.1, -0.05) is 18.2 Å². The van der Waals surface area contributed by atoms with Crippen LogP contribution in [-0.2, 0) is 22.7 Å². The number of para-hydroxylation sites is 1. The zero-order valence-corrected chi connectivity index (χ0v) is 13.1. The lowest BCUT2D eigenvalue weighted by molar-refractivity contribution is -0.125. The van der Waals surface area contributed by atoms with E-state index in [4.69, 9.17) is 4.74 Å². The highest BCUT2D eigenvalue weighted by Gasteiger charge is 2.05. The molecule has 2 rings (SSSR count). The fraction of sp³-hybridized carbons (Fsp3) is 0.250. The maximum absolute atomic E-state index is 11.5. The van der Waals surface area contributed by atoms with Crippen LogP contribution < -0.4 is 15.4 Å². The Hall–Kier alpha value is -2.34. The van der Waals surface area contributed by atoms with Gasteiger partial charge in [0.25, 0.3) is 0 Å². The number of hydrogen-bond donors (Lipinski definition) is 2. The molecule has 0 aliphatic rings. The van der Waals surface area contributed by atoms with Gasteiger partial charge in [-0.3, -0.25) is 9.59 Å². The number of thiophene rings is 1. The summed E-state index contributed by atoms with van der Waals surface area (Å²) >= 11 is 1.57. The first-order chi connectivity index (χ1) is 10.6. The van der Waals surface area contributed by atoms with Crippen molar-refractivity contribution in [1.82, 2.24) is 10.6 Å². The van der Waals surface area contributed by atoms with Crippen LogP contribution in [0.5, 0.6) is 5.75 Å². The SMILES string of the molecule is CC(=O)NCC(=O)NCc1cc(COc2ccccc2)cs1. The van der Waals surface area contributed by atoms with Gasteiger partial charge in [0.1, 0.15) is 12.4 Å². The Labute approximate surface area is 133 Å². The Morgan fingerprint density at radius 3 is 2.68 bits per heavy atom. The Kier molecular flexibility index (Phi) is 5.97. The number of carbonyl (C=O) groups is 2. The van der Waals surface area contributed by atoms with E-state index in [1.807, 2.05) is 41.8 Å². The summed E-state index contributed by atoms with van der Waals surface area (Å²) in [6.45, 7) is 2.34. The minimum absolute atomic E-state index is 0.00465. The van der Waals surface area contributed by atoms with E-state index in [-0.39, 0.29) is 18.4 Å². The smallest absolute Gasteiger partial charge is 0.239 e. The molecule has 22 heavy (non-hydrogen) atoms. The van der Waals surface area contributed by atoms with Crippen molar-refractivity contribution in [3.05, 3.63) is 52.2 Å². The molecule has 5 nitrogen and oxygen atoms in total. The van der Waals surface area contributed by atoms with E-state index in [0.29, 0.717) is 13.2 Å². The van der Waals surface area contributed by atoms with E-state index in [0.717, 1.165) is 16.2 Å². The summed E-state index contributed by atoms with van der Waals surface area (Å²) in [5.41, 5.74) is 1.07. The molecular formula is C16H18N2O3S. The second-order valence-corrected chi connectivity index (χ2v) is 5.71. The second-order valence-electron chi connectivity index (χ2n) is 4.71. The number of nitrogens with one attached hydrogen (secondary N) is 2. The van der Waals surface area contributed by atoms with Crippen LogP contribution in [-0.4, -0.2) is 18.4 Å². The Morgan fingerprint density at radius 2 is 1.95 bits per heavy atom. The molecular weight excluding hydrogens is 300 g/mol. The first-order valence-corrected chi connectivity index (χ1v) is 7.77. The average molecular weight is 318 g/mol. The highest BCUT2D eigenvalue weighted by molar-refractivity contribution is 7.10. The van der Waals surface area contributed by atoms with Crippen LogP contribution in [0.1, 0.15) is 17.4 Å². The number of ether oxygens (including phenoxy) is 1. The lowest BCUT2D eigenvalue weighted by Gasteiger charge is -2.04. The zero-order valence-electron chi connectivity index (χ0n) is 12.3. The van der Waals surface area contributed by atoms with Gasteiger partial charge in [0.15, 0.2) is 0 Å². The lowest BCUT2D eigenvalue weighted by atomic mass is 10.3. The Balaban J connectivity index is 1.74. The molecule has 0 fully saturated rings. The molecule has 0 unspecified atom stereocenters. The molecule has 2 aromatic rings. The number of hydrogen-bond acceptors (Lipinski definition) is 4. The molecule has 1 aromatic heterocycles. The standard InChI is InChI=1S/C16H18N2O3S/c1-12(19)17-9-16(20)18-8-15-7-13(11-22-15)10-21-14-5-3-2-4-6-14/h2-7,11H,8-10H2,1H3,(H,17,19)(H,18,20). The summed E-state index contributed by atoms with van der Waals surface area (Å²) in [6.07, 6.45) is 0. The van der Waals surface area contributed by atoms with Crippen molar-refractivity contribution >= 4 is 23.2 Å². The van der Waals surface area contributed by atoms with E-state index in [1.54, 1.807) is 11.3 Å². The molecule has 0 atom stereocenters. The topological polar surface area (TPSA) is 67.4 Å². The van der Waals surface area contributed by atoms with Crippen LogP contribution in [0.2, 0.25) is 0 Å². The summed E-state index contributed by atoms with van der Waals surface area (Å²) in [6, 6.07) is 11.6. The van der Waals surface area contributed by atoms with Crippen molar-refractivity contribution in [2.75, 3.05) is 6.54 Å². The molecule has 2 amide bonds. The van der Waals surface area contributed by atoms with Crippen LogP contribution in [0.15, 0.2) is 41.8 Å². The number of benzene rings is 1. The molecule has 116 valence electrons. The van der Waals surface area contributed by atoms with Crippen molar-refractivity contribution in [2.45, 2.75) is 20.1 Å². The molecule has 1 heterocycles. The number of amides is 2. The number of carbonyl (C=O) groups excluding carboxylic acids is 2. The molecule has 0 saturated heterocycles. The third-order valence-electron chi connectivity index (χ3n) is 2.81. The van der Waals surface area contributed by atoms with Crippen LogP contribution in [0.4, 0.5) is 0 Å². The summed E-state index contributed by atoms with van der Waals surface area (Å²) in [5, 5.41) is 7.23. The van der Waals surface area contributed by atoms with Gasteiger partial charge in [0.2, 0.25) is 11.8 Å². The molecule has 0 radical (unpaired) electrons. The fourth-order valence-electron chi connectivity index (χ4n) is 1.73. The average Bonchev–Trinajstić information content (AvgIpc) is 2.98. The fourth-order valence-corrected chi connectivity index (χ4v) is 2.54. The van der Waals surface area contributed by atoms with Gasteiger partial charge in [-0.2, -0.15) is 0 Å². The predicted molar refractivity (Wildman–Crippen MR) is 85.6 cm³/mol. The van der Waals surface area contributed by atoms with Gasteiger partial charge in [0, 0.05) is 17.4 Å². The molecule has 0 bridgehead atoms. The van der Waals surface area contributed by atoms with Crippen LogP contribution in [0.25, 0.3) is 0 Å².